The molecule has 1 aliphatic rings. The number of anilines is 1. The van der Waals surface area contributed by atoms with E-state index in [0.717, 1.165) is 10.2 Å². The first-order valence-corrected chi connectivity index (χ1v) is 6.91. The van der Waals surface area contributed by atoms with E-state index in [0.29, 0.717) is 0 Å². The SMILES string of the molecule is [2H][C@]1(C)[C@@H](c2ccc(Br)cc2)N1c1ccccc1C. The summed E-state index contributed by atoms with van der Waals surface area (Å²) in [5.41, 5.74) is 3.58. The Morgan fingerprint density at radius 2 is 1.78 bits per heavy atom. The highest BCUT2D eigenvalue weighted by atomic mass is 79.9. The van der Waals surface area contributed by atoms with Crippen molar-refractivity contribution in [3.63, 3.8) is 0 Å². The summed E-state index contributed by atoms with van der Waals surface area (Å²) in [5.74, 6) is 0. The number of aryl methyl sites for hydroxylation is 1. The molecular formula is C16H16BrN. The van der Waals surface area contributed by atoms with Crippen LogP contribution >= 0.6 is 15.9 Å². The molecule has 0 aliphatic carbocycles. The molecule has 1 saturated heterocycles. The fourth-order valence-electron chi connectivity index (χ4n) is 2.49. The number of rotatable bonds is 2. The molecule has 0 amide bonds. The van der Waals surface area contributed by atoms with Crippen LogP contribution in [-0.2, 0) is 0 Å². The van der Waals surface area contributed by atoms with Crippen molar-refractivity contribution in [1.82, 2.24) is 0 Å². The van der Waals surface area contributed by atoms with E-state index in [1.807, 2.05) is 31.2 Å². The van der Waals surface area contributed by atoms with Gasteiger partial charge in [-0.1, -0.05) is 46.3 Å². The summed E-state index contributed by atoms with van der Waals surface area (Å²) in [6.45, 7) is 4.08. The number of hydrogen-bond acceptors (Lipinski definition) is 1. The monoisotopic (exact) mass is 302 g/mol. The second kappa shape index (κ2) is 4.43. The summed E-state index contributed by atoms with van der Waals surface area (Å²) in [6.07, 6.45) is 0. The number of benzene rings is 2. The van der Waals surface area contributed by atoms with Gasteiger partial charge in [0.15, 0.2) is 0 Å². The van der Waals surface area contributed by atoms with E-state index in [9.17, 15) is 0 Å². The maximum Gasteiger partial charge on any atom is 0.0747 e. The first kappa shape index (κ1) is 10.6. The van der Waals surface area contributed by atoms with Crippen LogP contribution in [0, 0.1) is 6.92 Å². The van der Waals surface area contributed by atoms with Crippen molar-refractivity contribution in [2.75, 3.05) is 4.90 Å². The number of halogens is 1. The fourth-order valence-corrected chi connectivity index (χ4v) is 2.75. The maximum atomic E-state index is 8.50. The van der Waals surface area contributed by atoms with Gasteiger partial charge in [-0.15, -0.1) is 0 Å². The van der Waals surface area contributed by atoms with Crippen LogP contribution in [0.2, 0.25) is 0 Å². The minimum atomic E-state index is -0.556. The molecule has 1 nitrogen and oxygen atoms in total. The standard InChI is InChI=1S/C16H16BrN/c1-11-5-3-4-6-15(11)18-12(2)16(18)13-7-9-14(17)10-8-13/h3-10,12,16H,1-2H3/t12-,16-,18?/m0/s1/i12D. The highest BCUT2D eigenvalue weighted by molar-refractivity contribution is 9.10. The van der Waals surface area contributed by atoms with Crippen LogP contribution in [0.5, 0.6) is 0 Å². The summed E-state index contributed by atoms with van der Waals surface area (Å²) < 4.78 is 9.58. The van der Waals surface area contributed by atoms with Crippen molar-refractivity contribution in [2.24, 2.45) is 0 Å². The van der Waals surface area contributed by atoms with Gasteiger partial charge >= 0.3 is 0 Å². The highest BCUT2D eigenvalue weighted by Crippen LogP contribution is 2.47. The predicted octanol–water partition coefficient (Wildman–Crippen LogP) is 4.71. The Balaban J connectivity index is 1.97. The molecular weight excluding hydrogens is 286 g/mol. The molecule has 2 aromatic carbocycles. The molecule has 18 heavy (non-hydrogen) atoms. The summed E-state index contributed by atoms with van der Waals surface area (Å²) in [4.78, 5) is 2.17. The Kier molecular flexibility index (Phi) is 2.62. The van der Waals surface area contributed by atoms with Gasteiger partial charge in [0.25, 0.3) is 0 Å². The molecule has 2 heteroatoms. The van der Waals surface area contributed by atoms with Gasteiger partial charge in [-0.3, -0.25) is 0 Å². The van der Waals surface area contributed by atoms with Gasteiger partial charge in [-0.2, -0.15) is 0 Å². The summed E-state index contributed by atoms with van der Waals surface area (Å²) in [6, 6.07) is 16.1. The molecule has 0 unspecified atom stereocenters. The van der Waals surface area contributed by atoms with Crippen LogP contribution in [0.4, 0.5) is 5.69 Å². The van der Waals surface area contributed by atoms with E-state index in [-0.39, 0.29) is 6.04 Å². The molecule has 0 N–H and O–H groups in total. The molecule has 1 fully saturated rings. The van der Waals surface area contributed by atoms with Gasteiger partial charge in [-0.05, 0) is 43.2 Å². The molecule has 0 aromatic heterocycles. The zero-order chi connectivity index (χ0) is 13.6. The third kappa shape index (κ3) is 1.95. The van der Waals surface area contributed by atoms with Crippen molar-refractivity contribution < 1.29 is 1.37 Å². The summed E-state index contributed by atoms with van der Waals surface area (Å²) in [7, 11) is 0. The van der Waals surface area contributed by atoms with Gasteiger partial charge in [0.05, 0.1) is 13.4 Å². The molecule has 1 heterocycles. The molecule has 92 valence electrons. The molecule has 0 bridgehead atoms. The van der Waals surface area contributed by atoms with Crippen LogP contribution in [0.25, 0.3) is 0 Å². The van der Waals surface area contributed by atoms with Crippen LogP contribution in [0.3, 0.4) is 0 Å². The number of hydrogen-bond donors (Lipinski definition) is 0. The molecule has 2 atom stereocenters. The zero-order valence-electron chi connectivity index (χ0n) is 11.5. The number of nitrogens with zero attached hydrogens (tertiary/aromatic N) is 1. The van der Waals surface area contributed by atoms with Crippen LogP contribution < -0.4 is 4.90 Å². The lowest BCUT2D eigenvalue weighted by atomic mass is 10.1. The Hall–Kier alpha value is -1.28. The van der Waals surface area contributed by atoms with Gasteiger partial charge in [-0.25, -0.2) is 0 Å². The van der Waals surface area contributed by atoms with E-state index in [4.69, 9.17) is 1.37 Å². The molecule has 0 spiro atoms. The highest BCUT2D eigenvalue weighted by Gasteiger charge is 2.45. The maximum absolute atomic E-state index is 8.50. The largest absolute Gasteiger partial charge is 0.357 e. The Morgan fingerprint density at radius 1 is 1.11 bits per heavy atom. The summed E-state index contributed by atoms with van der Waals surface area (Å²) >= 11 is 3.45. The van der Waals surface area contributed by atoms with E-state index in [1.165, 1.54) is 11.1 Å². The van der Waals surface area contributed by atoms with Crippen molar-refractivity contribution in [1.29, 1.82) is 0 Å². The predicted molar refractivity (Wildman–Crippen MR) is 80.0 cm³/mol. The quantitative estimate of drug-likeness (QED) is 0.726. The molecule has 2 aromatic rings. The fraction of sp³-hybridized carbons (Fsp3) is 0.250. The number of para-hydroxylation sites is 1. The minimum Gasteiger partial charge on any atom is -0.357 e. The van der Waals surface area contributed by atoms with Crippen LogP contribution in [-0.4, -0.2) is 6.02 Å². The lowest BCUT2D eigenvalue weighted by Gasteiger charge is -2.09. The van der Waals surface area contributed by atoms with Crippen molar-refractivity contribution in [2.45, 2.75) is 25.9 Å². The van der Waals surface area contributed by atoms with Gasteiger partial charge < -0.3 is 4.90 Å². The molecule has 1 aliphatic heterocycles. The average Bonchev–Trinajstić information content (AvgIpc) is 2.94. The van der Waals surface area contributed by atoms with Crippen LogP contribution in [0.15, 0.2) is 53.0 Å². The average molecular weight is 303 g/mol. The first-order valence-electron chi connectivity index (χ1n) is 6.62. The van der Waals surface area contributed by atoms with E-state index >= 15 is 0 Å². The van der Waals surface area contributed by atoms with Gasteiger partial charge in [0.2, 0.25) is 0 Å². The Bertz CT molecular complexity index is 606. The summed E-state index contributed by atoms with van der Waals surface area (Å²) in [5, 5.41) is 0. The smallest absolute Gasteiger partial charge is 0.0747 e. The van der Waals surface area contributed by atoms with E-state index < -0.39 is 6.02 Å². The first-order chi connectivity index (χ1) is 9.01. The topological polar surface area (TPSA) is 3.01 Å². The lowest BCUT2D eigenvalue weighted by molar-refractivity contribution is 1.04. The Morgan fingerprint density at radius 3 is 2.44 bits per heavy atom. The van der Waals surface area contributed by atoms with Gasteiger partial charge in [0, 0.05) is 10.2 Å². The molecule has 0 radical (unpaired) electrons. The van der Waals surface area contributed by atoms with Crippen molar-refractivity contribution in [3.8, 4) is 0 Å². The second-order valence-electron chi connectivity index (χ2n) is 4.75. The van der Waals surface area contributed by atoms with Crippen LogP contribution in [0.1, 0.15) is 25.5 Å². The lowest BCUT2D eigenvalue weighted by Crippen LogP contribution is -1.98. The normalized spacial score (nSPS) is 26.9. The Labute approximate surface area is 118 Å². The third-order valence-corrected chi connectivity index (χ3v) is 4.06. The van der Waals surface area contributed by atoms with Crippen molar-refractivity contribution in [3.05, 3.63) is 64.1 Å². The minimum absolute atomic E-state index is 0.140. The zero-order valence-corrected chi connectivity index (χ0v) is 12.1. The molecule has 0 saturated carbocycles. The second-order valence-corrected chi connectivity index (χ2v) is 5.67. The van der Waals surface area contributed by atoms with Crippen molar-refractivity contribution >= 4 is 21.6 Å². The van der Waals surface area contributed by atoms with E-state index in [1.54, 1.807) is 0 Å². The third-order valence-electron chi connectivity index (χ3n) is 3.53. The van der Waals surface area contributed by atoms with Gasteiger partial charge in [0.1, 0.15) is 0 Å². The van der Waals surface area contributed by atoms with E-state index in [2.05, 4.69) is 52.0 Å². The molecule has 3 rings (SSSR count).